The van der Waals surface area contributed by atoms with Crippen molar-refractivity contribution >= 4 is 6.29 Å². The van der Waals surface area contributed by atoms with Gasteiger partial charge in [-0.25, -0.2) is 0 Å². The molecule has 0 aliphatic carbocycles. The second-order valence-electron chi connectivity index (χ2n) is 2.29. The van der Waals surface area contributed by atoms with E-state index in [4.69, 9.17) is 4.74 Å². The number of carbonyl (C=O) groups excluding carboxylic acids is 1. The van der Waals surface area contributed by atoms with Gasteiger partial charge in [0, 0.05) is 12.7 Å². The minimum atomic E-state index is 0.596. The van der Waals surface area contributed by atoms with Crippen molar-refractivity contribution in [1.29, 1.82) is 0 Å². The van der Waals surface area contributed by atoms with Crippen LogP contribution < -0.4 is 0 Å². The number of ether oxygens (including phenoxy) is 1. The molecule has 0 aromatic heterocycles. The van der Waals surface area contributed by atoms with E-state index in [0.717, 1.165) is 11.8 Å². The lowest BCUT2D eigenvalue weighted by Crippen LogP contribution is -1.87. The number of hydrogen-bond acceptors (Lipinski definition) is 2. The zero-order chi connectivity index (χ0) is 8.10. The summed E-state index contributed by atoms with van der Waals surface area (Å²) in [4.78, 5) is 10.2. The molecule has 0 amide bonds. The van der Waals surface area contributed by atoms with E-state index in [1.165, 1.54) is 0 Å². The fraction of sp³-hybridized carbons (Fsp3) is 0.222. The Balaban J connectivity index is 2.74. The Kier molecular flexibility index (Phi) is 2.81. The highest BCUT2D eigenvalue weighted by Gasteiger charge is 1.91. The van der Waals surface area contributed by atoms with Crippen molar-refractivity contribution in [2.45, 2.75) is 6.61 Å². The van der Waals surface area contributed by atoms with Crippen molar-refractivity contribution in [1.82, 2.24) is 0 Å². The molecule has 58 valence electrons. The third-order valence-electron chi connectivity index (χ3n) is 1.43. The van der Waals surface area contributed by atoms with Gasteiger partial charge in [-0.05, 0) is 5.56 Å². The Morgan fingerprint density at radius 1 is 1.36 bits per heavy atom. The van der Waals surface area contributed by atoms with Crippen molar-refractivity contribution in [2.75, 3.05) is 7.11 Å². The molecule has 0 bridgehead atoms. The zero-order valence-corrected chi connectivity index (χ0v) is 6.41. The molecule has 0 atom stereocenters. The lowest BCUT2D eigenvalue weighted by molar-refractivity contribution is 0.112. The lowest BCUT2D eigenvalue weighted by Gasteiger charge is -1.97. The Morgan fingerprint density at radius 2 is 2.00 bits per heavy atom. The van der Waals surface area contributed by atoms with Gasteiger partial charge in [-0.15, -0.1) is 0 Å². The third kappa shape index (κ3) is 2.16. The number of hydrogen-bond donors (Lipinski definition) is 0. The molecule has 0 saturated carbocycles. The molecule has 1 aromatic carbocycles. The molecule has 11 heavy (non-hydrogen) atoms. The highest BCUT2D eigenvalue weighted by Crippen LogP contribution is 2.02. The molecule has 0 saturated heterocycles. The predicted molar refractivity (Wildman–Crippen MR) is 42.5 cm³/mol. The van der Waals surface area contributed by atoms with Gasteiger partial charge in [-0.3, -0.25) is 4.79 Å². The van der Waals surface area contributed by atoms with E-state index in [0.29, 0.717) is 12.2 Å². The summed E-state index contributed by atoms with van der Waals surface area (Å²) in [5, 5.41) is 0. The fourth-order valence-electron chi connectivity index (χ4n) is 0.859. The summed E-state index contributed by atoms with van der Waals surface area (Å²) in [6, 6.07) is 7.32. The first-order chi connectivity index (χ1) is 5.36. The van der Waals surface area contributed by atoms with Crippen LogP contribution in [0.5, 0.6) is 0 Å². The summed E-state index contributed by atoms with van der Waals surface area (Å²) in [6.45, 7) is 0.596. The molecule has 0 heterocycles. The van der Waals surface area contributed by atoms with E-state index in [-0.39, 0.29) is 0 Å². The summed E-state index contributed by atoms with van der Waals surface area (Å²) < 4.78 is 4.91. The number of aldehydes is 1. The molecular weight excluding hydrogens is 140 g/mol. The second-order valence-corrected chi connectivity index (χ2v) is 2.29. The van der Waals surface area contributed by atoms with E-state index in [1.54, 1.807) is 19.2 Å². The van der Waals surface area contributed by atoms with Crippen molar-refractivity contribution in [3.63, 3.8) is 0 Å². The van der Waals surface area contributed by atoms with Gasteiger partial charge in [0.25, 0.3) is 0 Å². The predicted octanol–water partition coefficient (Wildman–Crippen LogP) is 1.65. The first-order valence-corrected chi connectivity index (χ1v) is 3.40. The minimum Gasteiger partial charge on any atom is -0.380 e. The first-order valence-electron chi connectivity index (χ1n) is 3.40. The standard InChI is InChI=1S/C9H10O2/c1-11-7-9-4-2-8(6-10)3-5-9/h2-6H,7H2,1H3. The lowest BCUT2D eigenvalue weighted by atomic mass is 10.2. The Morgan fingerprint density at radius 3 is 2.45 bits per heavy atom. The fourth-order valence-corrected chi connectivity index (χ4v) is 0.859. The SMILES string of the molecule is COCc1ccc(C=O)cc1. The second kappa shape index (κ2) is 3.88. The highest BCUT2D eigenvalue weighted by atomic mass is 16.5. The largest absolute Gasteiger partial charge is 0.380 e. The topological polar surface area (TPSA) is 26.3 Å². The van der Waals surface area contributed by atoms with Crippen molar-refractivity contribution in [3.05, 3.63) is 35.4 Å². The average molecular weight is 150 g/mol. The minimum absolute atomic E-state index is 0.596. The van der Waals surface area contributed by atoms with E-state index in [1.807, 2.05) is 12.1 Å². The van der Waals surface area contributed by atoms with Gasteiger partial charge < -0.3 is 4.74 Å². The monoisotopic (exact) mass is 150 g/mol. The van der Waals surface area contributed by atoms with Gasteiger partial charge in [-0.2, -0.15) is 0 Å². The molecule has 2 heteroatoms. The normalized spacial score (nSPS) is 9.55. The van der Waals surface area contributed by atoms with Crippen molar-refractivity contribution in [2.24, 2.45) is 0 Å². The van der Waals surface area contributed by atoms with Gasteiger partial charge in [-0.1, -0.05) is 24.3 Å². The molecule has 1 rings (SSSR count). The molecule has 0 aliphatic rings. The van der Waals surface area contributed by atoms with Crippen LogP contribution in [0.15, 0.2) is 24.3 Å². The molecule has 0 radical (unpaired) electrons. The Hall–Kier alpha value is -1.15. The zero-order valence-electron chi connectivity index (χ0n) is 6.41. The van der Waals surface area contributed by atoms with Gasteiger partial charge >= 0.3 is 0 Å². The van der Waals surface area contributed by atoms with Crippen LogP contribution in [-0.2, 0) is 11.3 Å². The van der Waals surface area contributed by atoms with E-state index >= 15 is 0 Å². The first kappa shape index (κ1) is 7.95. The molecule has 0 aliphatic heterocycles. The van der Waals surface area contributed by atoms with Crippen molar-refractivity contribution in [3.8, 4) is 0 Å². The molecule has 1 aromatic rings. The molecular formula is C9H10O2. The number of methoxy groups -OCH3 is 1. The Bertz CT molecular complexity index is 226. The van der Waals surface area contributed by atoms with Crippen LogP contribution >= 0.6 is 0 Å². The van der Waals surface area contributed by atoms with Gasteiger partial charge in [0.1, 0.15) is 6.29 Å². The van der Waals surface area contributed by atoms with Gasteiger partial charge in [0.15, 0.2) is 0 Å². The summed E-state index contributed by atoms with van der Waals surface area (Å²) in [5.74, 6) is 0. The van der Waals surface area contributed by atoms with Crippen LogP contribution in [0, 0.1) is 0 Å². The maximum Gasteiger partial charge on any atom is 0.150 e. The Labute approximate surface area is 65.8 Å². The van der Waals surface area contributed by atoms with Crippen LogP contribution in [0.25, 0.3) is 0 Å². The van der Waals surface area contributed by atoms with Crippen LogP contribution in [0.4, 0.5) is 0 Å². The molecule has 2 nitrogen and oxygen atoms in total. The van der Waals surface area contributed by atoms with Crippen molar-refractivity contribution < 1.29 is 9.53 Å². The van der Waals surface area contributed by atoms with Crippen LogP contribution in [0.3, 0.4) is 0 Å². The summed E-state index contributed by atoms with van der Waals surface area (Å²) in [5.41, 5.74) is 1.78. The van der Waals surface area contributed by atoms with Crippen LogP contribution in [-0.4, -0.2) is 13.4 Å². The van der Waals surface area contributed by atoms with E-state index in [2.05, 4.69) is 0 Å². The number of benzene rings is 1. The molecule has 0 N–H and O–H groups in total. The summed E-state index contributed by atoms with van der Waals surface area (Å²) in [7, 11) is 1.65. The maximum absolute atomic E-state index is 10.2. The van der Waals surface area contributed by atoms with Gasteiger partial charge in [0.2, 0.25) is 0 Å². The van der Waals surface area contributed by atoms with E-state index in [9.17, 15) is 4.79 Å². The summed E-state index contributed by atoms with van der Waals surface area (Å²) in [6.07, 6.45) is 0.830. The maximum atomic E-state index is 10.2. The molecule has 0 spiro atoms. The quantitative estimate of drug-likeness (QED) is 0.612. The van der Waals surface area contributed by atoms with Crippen LogP contribution in [0.1, 0.15) is 15.9 Å². The highest BCUT2D eigenvalue weighted by molar-refractivity contribution is 5.74. The third-order valence-corrected chi connectivity index (χ3v) is 1.43. The smallest absolute Gasteiger partial charge is 0.150 e. The molecule has 0 fully saturated rings. The number of carbonyl (C=O) groups is 1. The van der Waals surface area contributed by atoms with Crippen LogP contribution in [0.2, 0.25) is 0 Å². The van der Waals surface area contributed by atoms with E-state index < -0.39 is 0 Å². The molecule has 0 unspecified atom stereocenters. The average Bonchev–Trinajstić information content (AvgIpc) is 2.07. The summed E-state index contributed by atoms with van der Waals surface area (Å²) >= 11 is 0. The van der Waals surface area contributed by atoms with Gasteiger partial charge in [0.05, 0.1) is 6.61 Å². The number of rotatable bonds is 3.